The lowest BCUT2D eigenvalue weighted by molar-refractivity contribution is -0.120. The number of halogens is 1. The Balaban J connectivity index is 1.72. The van der Waals surface area contributed by atoms with Crippen LogP contribution in [0.4, 0.5) is 10.2 Å². The Labute approximate surface area is 134 Å². The van der Waals surface area contributed by atoms with Crippen LogP contribution in [0, 0.1) is 12.7 Å². The summed E-state index contributed by atoms with van der Waals surface area (Å²) < 4.78 is 14.9. The number of anilines is 1. The van der Waals surface area contributed by atoms with Crippen molar-refractivity contribution in [3.63, 3.8) is 0 Å². The van der Waals surface area contributed by atoms with Gasteiger partial charge in [0, 0.05) is 11.8 Å². The van der Waals surface area contributed by atoms with Gasteiger partial charge in [-0.05, 0) is 38.0 Å². The van der Waals surface area contributed by atoms with Crippen molar-refractivity contribution >= 4 is 11.7 Å². The van der Waals surface area contributed by atoms with Crippen molar-refractivity contribution in [3.8, 4) is 5.69 Å². The second-order valence-electron chi connectivity index (χ2n) is 6.22. The molecule has 0 radical (unpaired) electrons. The molecule has 1 saturated carbocycles. The molecule has 1 amide bonds. The van der Waals surface area contributed by atoms with Crippen molar-refractivity contribution in [2.24, 2.45) is 0 Å². The predicted molar refractivity (Wildman–Crippen MR) is 84.9 cm³/mol. The summed E-state index contributed by atoms with van der Waals surface area (Å²) in [6.07, 6.45) is 3.32. The Kier molecular flexibility index (Phi) is 4.17. The summed E-state index contributed by atoms with van der Waals surface area (Å²) in [7, 11) is 0. The van der Waals surface area contributed by atoms with Crippen molar-refractivity contribution in [1.82, 2.24) is 9.78 Å². The van der Waals surface area contributed by atoms with Gasteiger partial charge in [0.1, 0.15) is 5.82 Å². The summed E-state index contributed by atoms with van der Waals surface area (Å²) in [4.78, 5) is 12.1. The lowest BCUT2D eigenvalue weighted by Gasteiger charge is -2.20. The third-order valence-electron chi connectivity index (χ3n) is 4.23. The minimum absolute atomic E-state index is 0.0822. The lowest BCUT2D eigenvalue weighted by atomic mass is 9.98. The first-order chi connectivity index (χ1) is 11.0. The number of hydrogen-bond acceptors (Lipinski definition) is 3. The van der Waals surface area contributed by atoms with E-state index < -0.39 is 5.60 Å². The molecule has 2 N–H and O–H groups in total. The number of nitrogens with one attached hydrogen (secondary N) is 1. The summed E-state index contributed by atoms with van der Waals surface area (Å²) in [6.45, 7) is 1.83. The van der Waals surface area contributed by atoms with Gasteiger partial charge in [0.15, 0.2) is 5.82 Å². The van der Waals surface area contributed by atoms with Crippen LogP contribution in [0.15, 0.2) is 30.3 Å². The van der Waals surface area contributed by atoms with Crippen LogP contribution in [0.1, 0.15) is 37.8 Å². The van der Waals surface area contributed by atoms with Gasteiger partial charge in [-0.2, -0.15) is 0 Å². The van der Waals surface area contributed by atoms with E-state index in [1.807, 2.05) is 6.92 Å². The molecule has 1 heterocycles. The Morgan fingerprint density at radius 2 is 2.13 bits per heavy atom. The van der Waals surface area contributed by atoms with Crippen molar-refractivity contribution in [2.75, 3.05) is 5.32 Å². The molecule has 0 atom stereocenters. The van der Waals surface area contributed by atoms with Gasteiger partial charge in [-0.25, -0.2) is 9.07 Å². The summed E-state index contributed by atoms with van der Waals surface area (Å²) in [5.74, 6) is -0.192. The van der Waals surface area contributed by atoms with Crippen LogP contribution >= 0.6 is 0 Å². The van der Waals surface area contributed by atoms with Crippen LogP contribution in [0.3, 0.4) is 0 Å². The number of hydrogen-bond donors (Lipinski definition) is 2. The Morgan fingerprint density at radius 1 is 1.39 bits per heavy atom. The fraction of sp³-hybridized carbons (Fsp3) is 0.412. The van der Waals surface area contributed by atoms with E-state index in [9.17, 15) is 14.3 Å². The van der Waals surface area contributed by atoms with Crippen LogP contribution < -0.4 is 5.32 Å². The average molecular weight is 317 g/mol. The fourth-order valence-electron chi connectivity index (χ4n) is 3.10. The van der Waals surface area contributed by atoms with E-state index in [0.717, 1.165) is 18.5 Å². The van der Waals surface area contributed by atoms with Crippen LogP contribution in [0.25, 0.3) is 5.69 Å². The summed E-state index contributed by atoms with van der Waals surface area (Å²) >= 11 is 0. The first kappa shape index (κ1) is 15.7. The van der Waals surface area contributed by atoms with E-state index in [4.69, 9.17) is 0 Å². The quantitative estimate of drug-likeness (QED) is 0.911. The number of rotatable bonds is 4. The second-order valence-corrected chi connectivity index (χ2v) is 6.22. The molecule has 0 saturated heterocycles. The van der Waals surface area contributed by atoms with E-state index in [1.54, 1.807) is 22.9 Å². The van der Waals surface area contributed by atoms with E-state index in [2.05, 4.69) is 10.4 Å². The smallest absolute Gasteiger partial charge is 0.228 e. The molecule has 0 bridgehead atoms. The molecule has 0 spiro atoms. The molecular weight excluding hydrogens is 297 g/mol. The number of benzene rings is 1. The zero-order valence-corrected chi connectivity index (χ0v) is 13.1. The molecule has 1 aromatic carbocycles. The molecular formula is C17H20FN3O2. The maximum Gasteiger partial charge on any atom is 0.228 e. The van der Waals surface area contributed by atoms with Crippen molar-refractivity contribution in [1.29, 1.82) is 0 Å². The van der Waals surface area contributed by atoms with Crippen molar-refractivity contribution < 1.29 is 14.3 Å². The molecule has 1 fully saturated rings. The molecule has 0 unspecified atom stereocenters. The molecule has 122 valence electrons. The maximum atomic E-state index is 13.3. The van der Waals surface area contributed by atoms with Gasteiger partial charge in [-0.1, -0.05) is 18.9 Å². The largest absolute Gasteiger partial charge is 0.389 e. The van der Waals surface area contributed by atoms with Crippen molar-refractivity contribution in [3.05, 3.63) is 41.8 Å². The Hall–Kier alpha value is -2.21. The SMILES string of the molecule is Cc1cc(NC(=O)CC2(O)CCCC2)nn1-c1cccc(F)c1. The zero-order chi connectivity index (χ0) is 16.4. The van der Waals surface area contributed by atoms with Gasteiger partial charge in [-0.15, -0.1) is 5.10 Å². The number of carbonyl (C=O) groups is 1. The highest BCUT2D eigenvalue weighted by atomic mass is 19.1. The van der Waals surface area contributed by atoms with Gasteiger partial charge in [0.25, 0.3) is 0 Å². The molecule has 2 aromatic rings. The van der Waals surface area contributed by atoms with E-state index in [-0.39, 0.29) is 18.1 Å². The topological polar surface area (TPSA) is 67.2 Å². The highest BCUT2D eigenvalue weighted by Gasteiger charge is 2.33. The highest BCUT2D eigenvalue weighted by molar-refractivity contribution is 5.90. The molecule has 3 rings (SSSR count). The number of aryl methyl sites for hydroxylation is 1. The Morgan fingerprint density at radius 3 is 2.83 bits per heavy atom. The molecule has 1 aliphatic rings. The van der Waals surface area contributed by atoms with Crippen molar-refractivity contribution in [2.45, 2.75) is 44.6 Å². The van der Waals surface area contributed by atoms with Gasteiger partial charge in [-0.3, -0.25) is 4.79 Å². The standard InChI is InChI=1S/C17H20FN3O2/c1-12-9-15(19-16(22)11-17(23)7-2-3-8-17)20-21(12)14-6-4-5-13(18)10-14/h4-6,9-10,23H,2-3,7-8,11H2,1H3,(H,19,20,22). The van der Waals surface area contributed by atoms with E-state index in [1.165, 1.54) is 12.1 Å². The predicted octanol–water partition coefficient (Wildman–Crippen LogP) is 2.95. The number of aliphatic hydroxyl groups is 1. The number of carbonyl (C=O) groups excluding carboxylic acids is 1. The van der Waals surface area contributed by atoms with E-state index >= 15 is 0 Å². The number of amides is 1. The summed E-state index contributed by atoms with van der Waals surface area (Å²) in [5, 5.41) is 17.3. The van der Waals surface area contributed by atoms with Gasteiger partial charge < -0.3 is 10.4 Å². The third kappa shape index (κ3) is 3.59. The second kappa shape index (κ2) is 6.12. The maximum absolute atomic E-state index is 13.3. The normalized spacial score (nSPS) is 16.5. The monoisotopic (exact) mass is 317 g/mol. The summed E-state index contributed by atoms with van der Waals surface area (Å²) in [6, 6.07) is 7.83. The molecule has 23 heavy (non-hydrogen) atoms. The molecule has 0 aliphatic heterocycles. The van der Waals surface area contributed by atoms with Gasteiger partial charge >= 0.3 is 0 Å². The zero-order valence-electron chi connectivity index (χ0n) is 13.1. The fourth-order valence-corrected chi connectivity index (χ4v) is 3.10. The molecule has 5 nitrogen and oxygen atoms in total. The van der Waals surface area contributed by atoms with E-state index in [0.29, 0.717) is 24.3 Å². The van der Waals surface area contributed by atoms with Gasteiger partial charge in [0.2, 0.25) is 5.91 Å². The summed E-state index contributed by atoms with van der Waals surface area (Å²) in [5.41, 5.74) is 0.493. The number of aromatic nitrogens is 2. The first-order valence-electron chi connectivity index (χ1n) is 7.80. The molecule has 1 aromatic heterocycles. The van der Waals surface area contributed by atoms with Crippen LogP contribution in [-0.2, 0) is 4.79 Å². The van der Waals surface area contributed by atoms with Crippen LogP contribution in [-0.4, -0.2) is 26.4 Å². The number of nitrogens with zero attached hydrogens (tertiary/aromatic N) is 2. The van der Waals surface area contributed by atoms with Crippen LogP contribution in [0.5, 0.6) is 0 Å². The highest BCUT2D eigenvalue weighted by Crippen LogP contribution is 2.32. The molecule has 6 heteroatoms. The minimum atomic E-state index is -0.885. The average Bonchev–Trinajstić information content (AvgIpc) is 3.05. The van der Waals surface area contributed by atoms with Gasteiger partial charge in [0.05, 0.1) is 17.7 Å². The Bertz CT molecular complexity index is 720. The third-order valence-corrected chi connectivity index (χ3v) is 4.23. The lowest BCUT2D eigenvalue weighted by Crippen LogP contribution is -2.30. The van der Waals surface area contributed by atoms with Crippen LogP contribution in [0.2, 0.25) is 0 Å². The first-order valence-corrected chi connectivity index (χ1v) is 7.80. The molecule has 1 aliphatic carbocycles. The minimum Gasteiger partial charge on any atom is -0.389 e.